The molecule has 0 fully saturated rings. The number of anilines is 1. The molecule has 0 bridgehead atoms. The predicted molar refractivity (Wildman–Crippen MR) is 122 cm³/mol. The molecule has 9 nitrogen and oxygen atoms in total. The largest absolute Gasteiger partial charge is 0.497 e. The number of aryl methyl sites for hydroxylation is 1. The Balaban J connectivity index is 1.59. The summed E-state index contributed by atoms with van der Waals surface area (Å²) in [6.45, 7) is 0.426. The Labute approximate surface area is 191 Å². The first-order valence-corrected chi connectivity index (χ1v) is 10.5. The van der Waals surface area contributed by atoms with Crippen LogP contribution in [-0.4, -0.2) is 49.5 Å². The van der Waals surface area contributed by atoms with Crippen molar-refractivity contribution in [3.8, 4) is 17.2 Å². The number of aromatic nitrogens is 2. The predicted octanol–water partition coefficient (Wildman–Crippen LogP) is 2.97. The Hall–Kier alpha value is -4.01. The molecule has 1 aliphatic heterocycles. The van der Waals surface area contributed by atoms with E-state index in [-0.39, 0.29) is 17.9 Å². The van der Waals surface area contributed by atoms with E-state index in [9.17, 15) is 9.59 Å². The number of hydrogen-bond acceptors (Lipinski definition) is 6. The van der Waals surface area contributed by atoms with Crippen LogP contribution in [0.5, 0.6) is 17.2 Å². The molecule has 0 spiro atoms. The number of amides is 2. The van der Waals surface area contributed by atoms with Crippen molar-refractivity contribution in [3.05, 3.63) is 65.5 Å². The minimum atomic E-state index is -0.291. The second-order valence-corrected chi connectivity index (χ2v) is 7.61. The lowest BCUT2D eigenvalue weighted by Crippen LogP contribution is -2.41. The first-order valence-electron chi connectivity index (χ1n) is 10.5. The van der Waals surface area contributed by atoms with E-state index >= 15 is 0 Å². The van der Waals surface area contributed by atoms with Gasteiger partial charge < -0.3 is 24.4 Å². The molecule has 1 unspecified atom stereocenters. The van der Waals surface area contributed by atoms with E-state index < -0.39 is 0 Å². The number of carbonyl (C=O) groups excluding carboxylic acids is 2. The van der Waals surface area contributed by atoms with Gasteiger partial charge in [-0.15, -0.1) is 0 Å². The van der Waals surface area contributed by atoms with E-state index in [1.807, 2.05) is 0 Å². The van der Waals surface area contributed by atoms with Crippen LogP contribution in [0.15, 0.2) is 48.7 Å². The van der Waals surface area contributed by atoms with Crippen LogP contribution >= 0.6 is 0 Å². The summed E-state index contributed by atoms with van der Waals surface area (Å²) in [4.78, 5) is 27.9. The number of carbonyl (C=O) groups is 2. The standard InChI is InChI=1S/C24H26N4O5/c1-27-22-18(26-23(29)15-6-5-7-17(12-15)31-2)10-11-28(19(22)14-25-27)24(30)16-8-9-20(32-3)21(13-16)33-4/h5-9,12-14,18H,10-11H2,1-4H3,(H,26,29). The van der Waals surface area contributed by atoms with Crippen molar-refractivity contribution in [2.24, 2.45) is 7.05 Å². The van der Waals surface area contributed by atoms with E-state index in [2.05, 4.69) is 10.4 Å². The smallest absolute Gasteiger partial charge is 0.258 e. The molecule has 1 atom stereocenters. The topological polar surface area (TPSA) is 94.9 Å². The molecule has 1 aliphatic rings. The van der Waals surface area contributed by atoms with Crippen molar-refractivity contribution < 1.29 is 23.8 Å². The maximum Gasteiger partial charge on any atom is 0.258 e. The van der Waals surface area contributed by atoms with Crippen LogP contribution in [0.25, 0.3) is 0 Å². The number of hydrogen-bond donors (Lipinski definition) is 1. The highest BCUT2D eigenvalue weighted by Gasteiger charge is 2.33. The summed E-state index contributed by atoms with van der Waals surface area (Å²) in [6.07, 6.45) is 2.19. The minimum Gasteiger partial charge on any atom is -0.497 e. The Morgan fingerprint density at radius 1 is 1.00 bits per heavy atom. The van der Waals surface area contributed by atoms with Gasteiger partial charge in [-0.3, -0.25) is 14.3 Å². The number of nitrogens with one attached hydrogen (secondary N) is 1. The molecule has 9 heteroatoms. The SMILES string of the molecule is COc1cccc(C(=O)NC2CCN(C(=O)c3ccc(OC)c(OC)c3)c3cnn(C)c32)c1. The molecule has 3 aromatic rings. The normalized spacial score (nSPS) is 14.9. The molecular weight excluding hydrogens is 424 g/mol. The molecule has 2 aromatic carbocycles. The summed E-state index contributed by atoms with van der Waals surface area (Å²) in [5.41, 5.74) is 2.41. The quantitative estimate of drug-likeness (QED) is 0.621. The van der Waals surface area contributed by atoms with Gasteiger partial charge in [0.15, 0.2) is 11.5 Å². The van der Waals surface area contributed by atoms with Crippen molar-refractivity contribution in [1.29, 1.82) is 0 Å². The fourth-order valence-electron chi connectivity index (χ4n) is 4.05. The van der Waals surface area contributed by atoms with Gasteiger partial charge in [-0.25, -0.2) is 0 Å². The maximum absolute atomic E-state index is 13.4. The van der Waals surface area contributed by atoms with Gasteiger partial charge >= 0.3 is 0 Å². The fraction of sp³-hybridized carbons (Fsp3) is 0.292. The minimum absolute atomic E-state index is 0.178. The lowest BCUT2D eigenvalue weighted by Gasteiger charge is -2.32. The zero-order valence-corrected chi connectivity index (χ0v) is 19.0. The average molecular weight is 450 g/mol. The lowest BCUT2D eigenvalue weighted by molar-refractivity contribution is 0.0931. The highest BCUT2D eigenvalue weighted by molar-refractivity contribution is 6.07. The van der Waals surface area contributed by atoms with Gasteiger partial charge in [-0.05, 0) is 42.8 Å². The Bertz CT molecular complexity index is 1190. The number of ether oxygens (including phenoxy) is 3. The molecule has 0 saturated carbocycles. The van der Waals surface area contributed by atoms with Crippen molar-refractivity contribution in [3.63, 3.8) is 0 Å². The van der Waals surface area contributed by atoms with Crippen molar-refractivity contribution in [1.82, 2.24) is 15.1 Å². The molecule has 2 amide bonds. The molecule has 172 valence electrons. The Morgan fingerprint density at radius 3 is 2.52 bits per heavy atom. The van der Waals surface area contributed by atoms with Crippen LogP contribution in [-0.2, 0) is 7.05 Å². The summed E-state index contributed by atoms with van der Waals surface area (Å²) in [5.74, 6) is 1.25. The second-order valence-electron chi connectivity index (χ2n) is 7.61. The number of fused-ring (bicyclic) bond motifs is 1. The summed E-state index contributed by atoms with van der Waals surface area (Å²) in [7, 11) is 6.44. The summed E-state index contributed by atoms with van der Waals surface area (Å²) < 4.78 is 17.5. The van der Waals surface area contributed by atoms with Gasteiger partial charge in [-0.2, -0.15) is 5.10 Å². The lowest BCUT2D eigenvalue weighted by atomic mass is 10.0. The van der Waals surface area contributed by atoms with Crippen molar-refractivity contribution >= 4 is 17.5 Å². The first kappa shape index (κ1) is 22.2. The van der Waals surface area contributed by atoms with E-state index in [1.165, 1.54) is 7.11 Å². The third-order valence-electron chi connectivity index (χ3n) is 5.74. The van der Waals surface area contributed by atoms with Crippen LogP contribution in [0.2, 0.25) is 0 Å². The fourth-order valence-corrected chi connectivity index (χ4v) is 4.05. The van der Waals surface area contributed by atoms with Gasteiger partial charge in [0, 0.05) is 24.7 Å². The molecule has 2 heterocycles. The zero-order chi connectivity index (χ0) is 23.5. The van der Waals surface area contributed by atoms with Crippen LogP contribution in [0, 0.1) is 0 Å². The average Bonchev–Trinajstić information content (AvgIpc) is 3.25. The molecule has 1 aromatic heterocycles. The van der Waals surface area contributed by atoms with E-state index in [0.717, 1.165) is 5.69 Å². The molecule has 33 heavy (non-hydrogen) atoms. The van der Waals surface area contributed by atoms with E-state index in [0.29, 0.717) is 47.0 Å². The van der Waals surface area contributed by atoms with Gasteiger partial charge in [0.25, 0.3) is 11.8 Å². The van der Waals surface area contributed by atoms with Crippen LogP contribution < -0.4 is 24.4 Å². The molecule has 0 aliphatic carbocycles. The van der Waals surface area contributed by atoms with Crippen LogP contribution in [0.1, 0.15) is 38.9 Å². The number of rotatable bonds is 6. The molecule has 0 saturated heterocycles. The van der Waals surface area contributed by atoms with E-state index in [1.54, 1.807) is 79.5 Å². The Kier molecular flexibility index (Phi) is 6.21. The molecule has 4 rings (SSSR count). The maximum atomic E-state index is 13.4. The number of nitrogens with zero attached hydrogens (tertiary/aromatic N) is 3. The highest BCUT2D eigenvalue weighted by atomic mass is 16.5. The van der Waals surface area contributed by atoms with Crippen molar-refractivity contribution in [2.45, 2.75) is 12.5 Å². The van der Waals surface area contributed by atoms with Gasteiger partial charge in [0.1, 0.15) is 5.75 Å². The van der Waals surface area contributed by atoms with Crippen LogP contribution in [0.3, 0.4) is 0 Å². The van der Waals surface area contributed by atoms with E-state index in [4.69, 9.17) is 14.2 Å². The zero-order valence-electron chi connectivity index (χ0n) is 19.0. The van der Waals surface area contributed by atoms with Crippen molar-refractivity contribution in [2.75, 3.05) is 32.8 Å². The monoisotopic (exact) mass is 450 g/mol. The number of methoxy groups -OCH3 is 3. The van der Waals surface area contributed by atoms with Gasteiger partial charge in [0.2, 0.25) is 0 Å². The van der Waals surface area contributed by atoms with Gasteiger partial charge in [-0.1, -0.05) is 6.07 Å². The highest BCUT2D eigenvalue weighted by Crippen LogP contribution is 2.35. The third-order valence-corrected chi connectivity index (χ3v) is 5.74. The first-order chi connectivity index (χ1) is 16.0. The Morgan fingerprint density at radius 2 is 1.79 bits per heavy atom. The number of benzene rings is 2. The van der Waals surface area contributed by atoms with Gasteiger partial charge in [0.05, 0.1) is 44.9 Å². The van der Waals surface area contributed by atoms with Crippen LogP contribution in [0.4, 0.5) is 5.69 Å². The molecule has 1 N–H and O–H groups in total. The summed E-state index contributed by atoms with van der Waals surface area (Å²) in [6, 6.07) is 11.8. The third kappa shape index (κ3) is 4.21. The second kappa shape index (κ2) is 9.23. The molecule has 0 radical (unpaired) electrons. The summed E-state index contributed by atoms with van der Waals surface area (Å²) >= 11 is 0. The summed E-state index contributed by atoms with van der Waals surface area (Å²) in [5, 5.41) is 7.42. The molecular formula is C24H26N4O5.